The standard InChI is InChI=1S/C13H15F3O4/c1-12(2,11(17)18-3)8-19-9-4-6-10(7-5-9)20-13(14,15)16/h4-7H,8H2,1-3H3. The fourth-order valence-electron chi connectivity index (χ4n) is 1.34. The highest BCUT2D eigenvalue weighted by Crippen LogP contribution is 2.26. The number of ether oxygens (including phenoxy) is 3. The molecule has 0 aliphatic carbocycles. The summed E-state index contributed by atoms with van der Waals surface area (Å²) in [5.41, 5.74) is -0.851. The number of carbonyl (C=O) groups excluding carboxylic acids is 1. The Bertz CT molecular complexity index is 452. The summed E-state index contributed by atoms with van der Waals surface area (Å²) in [6.07, 6.45) is -4.73. The zero-order chi connectivity index (χ0) is 15.4. The Morgan fingerprint density at radius 1 is 1.10 bits per heavy atom. The fraction of sp³-hybridized carbons (Fsp3) is 0.462. The Morgan fingerprint density at radius 3 is 2.05 bits per heavy atom. The maximum atomic E-state index is 12.0. The second-order valence-corrected chi connectivity index (χ2v) is 4.68. The number of methoxy groups -OCH3 is 1. The zero-order valence-electron chi connectivity index (χ0n) is 11.3. The van der Waals surface area contributed by atoms with Crippen molar-refractivity contribution in [1.29, 1.82) is 0 Å². The molecule has 0 spiro atoms. The van der Waals surface area contributed by atoms with Gasteiger partial charge in [-0.3, -0.25) is 4.79 Å². The summed E-state index contributed by atoms with van der Waals surface area (Å²) >= 11 is 0. The molecule has 4 nitrogen and oxygen atoms in total. The van der Waals surface area contributed by atoms with Gasteiger partial charge < -0.3 is 14.2 Å². The summed E-state index contributed by atoms with van der Waals surface area (Å²) in [6.45, 7) is 3.32. The number of hydrogen-bond acceptors (Lipinski definition) is 4. The van der Waals surface area contributed by atoms with Crippen molar-refractivity contribution in [1.82, 2.24) is 0 Å². The fourth-order valence-corrected chi connectivity index (χ4v) is 1.34. The molecule has 0 saturated heterocycles. The Labute approximate surface area is 114 Å². The first-order valence-corrected chi connectivity index (χ1v) is 5.71. The number of rotatable bonds is 5. The largest absolute Gasteiger partial charge is 0.573 e. The van der Waals surface area contributed by atoms with Crippen LogP contribution in [0, 0.1) is 5.41 Å². The summed E-state index contributed by atoms with van der Waals surface area (Å²) < 4.78 is 49.6. The number of halogens is 3. The van der Waals surface area contributed by atoms with E-state index >= 15 is 0 Å². The third-order valence-electron chi connectivity index (χ3n) is 2.39. The van der Waals surface area contributed by atoms with Crippen molar-refractivity contribution >= 4 is 5.97 Å². The molecule has 0 aliphatic heterocycles. The normalized spacial score (nSPS) is 11.9. The molecule has 0 atom stereocenters. The first-order chi connectivity index (χ1) is 9.14. The minimum Gasteiger partial charge on any atom is -0.492 e. The Kier molecular flexibility index (Phi) is 4.86. The van der Waals surface area contributed by atoms with E-state index in [1.165, 1.54) is 19.2 Å². The van der Waals surface area contributed by atoms with Crippen LogP contribution in [0.25, 0.3) is 0 Å². The van der Waals surface area contributed by atoms with Gasteiger partial charge in [0.15, 0.2) is 0 Å². The number of benzene rings is 1. The van der Waals surface area contributed by atoms with Gasteiger partial charge >= 0.3 is 12.3 Å². The molecule has 1 aromatic rings. The maximum Gasteiger partial charge on any atom is 0.573 e. The average molecular weight is 292 g/mol. The van der Waals surface area contributed by atoms with Crippen LogP contribution in [0.1, 0.15) is 13.8 Å². The molecule has 0 amide bonds. The number of carbonyl (C=O) groups is 1. The van der Waals surface area contributed by atoms with E-state index in [0.29, 0.717) is 5.75 Å². The van der Waals surface area contributed by atoms with Crippen molar-refractivity contribution in [3.8, 4) is 11.5 Å². The number of esters is 1. The first kappa shape index (κ1) is 16.1. The molecule has 0 saturated carbocycles. The summed E-state index contributed by atoms with van der Waals surface area (Å²) in [5, 5.41) is 0. The molecule has 0 radical (unpaired) electrons. The molecule has 20 heavy (non-hydrogen) atoms. The first-order valence-electron chi connectivity index (χ1n) is 5.71. The number of alkyl halides is 3. The van der Waals surface area contributed by atoms with Gasteiger partial charge in [-0.15, -0.1) is 13.2 Å². The lowest BCUT2D eigenvalue weighted by atomic mass is 9.95. The van der Waals surface area contributed by atoms with Gasteiger partial charge in [-0.05, 0) is 38.1 Å². The highest BCUT2D eigenvalue weighted by Gasteiger charge is 2.31. The van der Waals surface area contributed by atoms with Gasteiger partial charge in [0.1, 0.15) is 18.1 Å². The smallest absolute Gasteiger partial charge is 0.492 e. The molecule has 0 aromatic heterocycles. The minimum absolute atomic E-state index is 0.0408. The van der Waals surface area contributed by atoms with E-state index in [1.807, 2.05) is 0 Å². The van der Waals surface area contributed by atoms with E-state index in [4.69, 9.17) is 4.74 Å². The van der Waals surface area contributed by atoms with Crippen LogP contribution in [0.15, 0.2) is 24.3 Å². The van der Waals surface area contributed by atoms with Crippen LogP contribution in [0.2, 0.25) is 0 Å². The van der Waals surface area contributed by atoms with Crippen molar-refractivity contribution in [3.05, 3.63) is 24.3 Å². The van der Waals surface area contributed by atoms with Gasteiger partial charge in [-0.2, -0.15) is 0 Å². The molecule has 1 aromatic carbocycles. The monoisotopic (exact) mass is 292 g/mol. The molecule has 112 valence electrons. The molecule has 0 aliphatic rings. The molecule has 1 rings (SSSR count). The predicted molar refractivity (Wildman–Crippen MR) is 64.4 cm³/mol. The summed E-state index contributed by atoms with van der Waals surface area (Å²) in [4.78, 5) is 11.4. The minimum atomic E-state index is -4.73. The van der Waals surface area contributed by atoms with Crippen LogP contribution in [0.5, 0.6) is 11.5 Å². The van der Waals surface area contributed by atoms with Gasteiger partial charge in [0.2, 0.25) is 0 Å². The van der Waals surface area contributed by atoms with Crippen LogP contribution >= 0.6 is 0 Å². The molecular weight excluding hydrogens is 277 g/mol. The van der Waals surface area contributed by atoms with E-state index in [-0.39, 0.29) is 12.4 Å². The van der Waals surface area contributed by atoms with Crippen molar-refractivity contribution < 1.29 is 32.2 Å². The Morgan fingerprint density at radius 2 is 1.60 bits per heavy atom. The van der Waals surface area contributed by atoms with Crippen molar-refractivity contribution in [3.63, 3.8) is 0 Å². The quantitative estimate of drug-likeness (QED) is 0.782. The lowest BCUT2D eigenvalue weighted by molar-refractivity contribution is -0.274. The molecule has 7 heteroatoms. The van der Waals surface area contributed by atoms with Gasteiger partial charge in [-0.25, -0.2) is 0 Å². The van der Waals surface area contributed by atoms with Crippen LogP contribution in [0.4, 0.5) is 13.2 Å². The molecular formula is C13H15F3O4. The second-order valence-electron chi connectivity index (χ2n) is 4.68. The highest BCUT2D eigenvalue weighted by molar-refractivity contribution is 5.75. The molecule has 0 bridgehead atoms. The predicted octanol–water partition coefficient (Wildman–Crippen LogP) is 3.16. The molecule has 0 heterocycles. The lowest BCUT2D eigenvalue weighted by Gasteiger charge is -2.21. The lowest BCUT2D eigenvalue weighted by Crippen LogP contribution is -2.32. The van der Waals surface area contributed by atoms with Crippen LogP contribution < -0.4 is 9.47 Å². The summed E-state index contributed by atoms with van der Waals surface area (Å²) in [6, 6.07) is 4.92. The van der Waals surface area contributed by atoms with E-state index in [1.54, 1.807) is 13.8 Å². The van der Waals surface area contributed by atoms with Crippen molar-refractivity contribution in [2.24, 2.45) is 5.41 Å². The van der Waals surface area contributed by atoms with E-state index in [0.717, 1.165) is 12.1 Å². The Balaban J connectivity index is 2.60. The van der Waals surface area contributed by atoms with Gasteiger partial charge in [0, 0.05) is 0 Å². The summed E-state index contributed by atoms with van der Waals surface area (Å²) in [5.74, 6) is -0.442. The van der Waals surface area contributed by atoms with Crippen LogP contribution in [-0.4, -0.2) is 26.0 Å². The van der Waals surface area contributed by atoms with Gasteiger partial charge in [0.25, 0.3) is 0 Å². The van der Waals surface area contributed by atoms with Crippen molar-refractivity contribution in [2.75, 3.05) is 13.7 Å². The number of hydrogen-bond donors (Lipinski definition) is 0. The molecule has 0 fully saturated rings. The third kappa shape index (κ3) is 4.99. The average Bonchev–Trinajstić information content (AvgIpc) is 2.35. The molecule has 0 unspecified atom stereocenters. The van der Waals surface area contributed by atoms with E-state index in [2.05, 4.69) is 9.47 Å². The van der Waals surface area contributed by atoms with E-state index < -0.39 is 17.7 Å². The van der Waals surface area contributed by atoms with Gasteiger partial charge in [-0.1, -0.05) is 0 Å². The topological polar surface area (TPSA) is 44.8 Å². The van der Waals surface area contributed by atoms with Crippen molar-refractivity contribution in [2.45, 2.75) is 20.2 Å². The highest BCUT2D eigenvalue weighted by atomic mass is 19.4. The van der Waals surface area contributed by atoms with Gasteiger partial charge in [0.05, 0.1) is 12.5 Å². The second kappa shape index (κ2) is 6.02. The van der Waals surface area contributed by atoms with E-state index in [9.17, 15) is 18.0 Å². The van der Waals surface area contributed by atoms with Crippen LogP contribution in [0.3, 0.4) is 0 Å². The maximum absolute atomic E-state index is 12.0. The van der Waals surface area contributed by atoms with Crippen LogP contribution in [-0.2, 0) is 9.53 Å². The SMILES string of the molecule is COC(=O)C(C)(C)COc1ccc(OC(F)(F)F)cc1. The third-order valence-corrected chi connectivity index (χ3v) is 2.39. The molecule has 0 N–H and O–H groups in total. The summed E-state index contributed by atoms with van der Waals surface area (Å²) in [7, 11) is 1.27. The Hall–Kier alpha value is -1.92. The zero-order valence-corrected chi connectivity index (χ0v) is 11.3.